The Morgan fingerprint density at radius 1 is 0.848 bits per heavy atom. The van der Waals surface area contributed by atoms with Crippen molar-refractivity contribution in [1.29, 1.82) is 0 Å². The highest BCUT2D eigenvalue weighted by Gasteiger charge is 2.53. The fourth-order valence-corrected chi connectivity index (χ4v) is 4.90. The van der Waals surface area contributed by atoms with E-state index in [4.69, 9.17) is 9.47 Å². The Hall–Kier alpha value is -3.34. The lowest BCUT2D eigenvalue weighted by molar-refractivity contribution is 0.0223. The monoisotopic (exact) mass is 445 g/mol. The van der Waals surface area contributed by atoms with Gasteiger partial charge in [0.2, 0.25) is 0 Å². The van der Waals surface area contributed by atoms with Crippen LogP contribution in [0.2, 0.25) is 0 Å². The molecule has 1 unspecified atom stereocenters. The molecule has 3 aromatic carbocycles. The summed E-state index contributed by atoms with van der Waals surface area (Å²) in [6.45, 7) is 6.33. The summed E-state index contributed by atoms with van der Waals surface area (Å²) < 4.78 is 26.8. The number of carbonyl (C=O) groups excluding carboxylic acids is 1. The molecule has 0 aliphatic carbocycles. The molecule has 2 heterocycles. The highest BCUT2D eigenvalue weighted by molar-refractivity contribution is 5.97. The number of unbranched alkanes of at least 4 members (excludes halogenated alkanes) is 2. The SMILES string of the molecule is CCCCN(CCCC)c1ccc2c(c1)Oc1ccc(F)cc1C21OC(=O)c2ccccc21. The molecule has 2 aliphatic heterocycles. The standard InChI is InChI=1S/C28H28FNO3/c1-3-5-15-30(16-6-4-2)20-12-13-23-26(18-20)32-25-14-11-19(29)17-24(25)28(23)22-10-8-7-9-21(22)27(31)33-28/h7-14,17-18H,3-6,15-16H2,1-2H3. The Kier molecular flexibility index (Phi) is 5.57. The van der Waals surface area contributed by atoms with Crippen molar-refractivity contribution in [3.63, 3.8) is 0 Å². The van der Waals surface area contributed by atoms with E-state index in [1.54, 1.807) is 12.1 Å². The minimum absolute atomic E-state index is 0.400. The zero-order chi connectivity index (χ0) is 23.0. The van der Waals surface area contributed by atoms with Crippen LogP contribution < -0.4 is 9.64 Å². The molecule has 5 heteroatoms. The first-order valence-corrected chi connectivity index (χ1v) is 11.8. The van der Waals surface area contributed by atoms with Crippen molar-refractivity contribution >= 4 is 11.7 Å². The van der Waals surface area contributed by atoms with Gasteiger partial charge < -0.3 is 14.4 Å². The van der Waals surface area contributed by atoms with Crippen molar-refractivity contribution in [2.24, 2.45) is 0 Å². The molecule has 170 valence electrons. The summed E-state index contributed by atoms with van der Waals surface area (Å²) in [6.07, 6.45) is 4.47. The first-order valence-electron chi connectivity index (χ1n) is 11.8. The Balaban J connectivity index is 1.68. The number of benzene rings is 3. The van der Waals surface area contributed by atoms with Crippen molar-refractivity contribution in [2.45, 2.75) is 45.1 Å². The minimum Gasteiger partial charge on any atom is -0.456 e. The van der Waals surface area contributed by atoms with Crippen molar-refractivity contribution in [3.05, 3.63) is 88.7 Å². The average Bonchev–Trinajstić information content (AvgIpc) is 3.13. The number of hydrogen-bond acceptors (Lipinski definition) is 4. The normalized spacial score (nSPS) is 17.7. The van der Waals surface area contributed by atoms with Crippen LogP contribution in [0.3, 0.4) is 0 Å². The van der Waals surface area contributed by atoms with Gasteiger partial charge in [-0.25, -0.2) is 9.18 Å². The van der Waals surface area contributed by atoms with Crippen molar-refractivity contribution in [3.8, 4) is 11.5 Å². The third kappa shape index (κ3) is 3.47. The van der Waals surface area contributed by atoms with Crippen LogP contribution >= 0.6 is 0 Å². The number of carbonyl (C=O) groups is 1. The molecule has 33 heavy (non-hydrogen) atoms. The lowest BCUT2D eigenvalue weighted by Crippen LogP contribution is -2.33. The van der Waals surface area contributed by atoms with E-state index in [-0.39, 0.29) is 0 Å². The summed E-state index contributed by atoms with van der Waals surface area (Å²) in [6, 6.07) is 17.8. The Morgan fingerprint density at radius 2 is 1.61 bits per heavy atom. The summed E-state index contributed by atoms with van der Waals surface area (Å²) in [5.41, 5.74) is 2.29. The van der Waals surface area contributed by atoms with E-state index in [0.717, 1.165) is 44.5 Å². The van der Waals surface area contributed by atoms with Crippen LogP contribution in [-0.2, 0) is 10.3 Å². The van der Waals surface area contributed by atoms with Crippen LogP contribution in [0.25, 0.3) is 0 Å². The van der Waals surface area contributed by atoms with E-state index in [1.165, 1.54) is 12.1 Å². The second kappa shape index (κ2) is 8.54. The molecule has 0 aromatic heterocycles. The molecular formula is C28H28FNO3. The van der Waals surface area contributed by atoms with Crippen LogP contribution in [0.5, 0.6) is 11.5 Å². The molecule has 0 amide bonds. The van der Waals surface area contributed by atoms with Gasteiger partial charge in [-0.15, -0.1) is 0 Å². The van der Waals surface area contributed by atoms with E-state index in [1.807, 2.05) is 30.3 Å². The van der Waals surface area contributed by atoms with Crippen LogP contribution in [0.15, 0.2) is 60.7 Å². The molecule has 0 N–H and O–H groups in total. The molecule has 1 atom stereocenters. The summed E-state index contributed by atoms with van der Waals surface area (Å²) in [5, 5.41) is 0. The number of ether oxygens (including phenoxy) is 2. The molecular weight excluding hydrogens is 417 g/mol. The lowest BCUT2D eigenvalue weighted by Gasteiger charge is -2.37. The predicted molar refractivity (Wildman–Crippen MR) is 127 cm³/mol. The van der Waals surface area contributed by atoms with Crippen LogP contribution in [-0.4, -0.2) is 19.1 Å². The number of halogens is 1. The van der Waals surface area contributed by atoms with Gasteiger partial charge in [0.15, 0.2) is 5.60 Å². The Morgan fingerprint density at radius 3 is 2.36 bits per heavy atom. The maximum atomic E-state index is 14.4. The number of esters is 1. The number of nitrogens with zero attached hydrogens (tertiary/aromatic N) is 1. The fraction of sp³-hybridized carbons (Fsp3) is 0.321. The second-order valence-electron chi connectivity index (χ2n) is 8.73. The van der Waals surface area contributed by atoms with Gasteiger partial charge in [0.25, 0.3) is 0 Å². The summed E-state index contributed by atoms with van der Waals surface area (Å²) in [4.78, 5) is 15.3. The largest absolute Gasteiger partial charge is 0.456 e. The van der Waals surface area contributed by atoms with Gasteiger partial charge in [-0.05, 0) is 49.2 Å². The van der Waals surface area contributed by atoms with Gasteiger partial charge >= 0.3 is 5.97 Å². The minimum atomic E-state index is -1.23. The predicted octanol–water partition coefficient (Wildman–Crippen LogP) is 6.80. The van der Waals surface area contributed by atoms with Gasteiger partial charge in [0.1, 0.15) is 17.3 Å². The first-order chi connectivity index (χ1) is 16.1. The number of rotatable bonds is 7. The topological polar surface area (TPSA) is 38.8 Å². The van der Waals surface area contributed by atoms with E-state index in [2.05, 4.69) is 24.8 Å². The Bertz CT molecular complexity index is 1200. The second-order valence-corrected chi connectivity index (χ2v) is 8.73. The molecule has 2 aliphatic rings. The number of anilines is 1. The first kappa shape index (κ1) is 21.5. The lowest BCUT2D eigenvalue weighted by atomic mass is 9.77. The summed E-state index contributed by atoms with van der Waals surface area (Å²) in [7, 11) is 0. The maximum Gasteiger partial charge on any atom is 0.340 e. The molecule has 0 saturated heterocycles. The smallest absolute Gasteiger partial charge is 0.340 e. The number of hydrogen-bond donors (Lipinski definition) is 0. The molecule has 5 rings (SSSR count). The molecule has 3 aromatic rings. The van der Waals surface area contributed by atoms with E-state index >= 15 is 0 Å². The van der Waals surface area contributed by atoms with Gasteiger partial charge in [-0.3, -0.25) is 0 Å². The van der Waals surface area contributed by atoms with Crippen LogP contribution in [0.4, 0.5) is 10.1 Å². The maximum absolute atomic E-state index is 14.4. The molecule has 0 saturated carbocycles. The van der Waals surface area contributed by atoms with E-state index in [0.29, 0.717) is 33.8 Å². The number of fused-ring (bicyclic) bond motifs is 6. The third-order valence-electron chi connectivity index (χ3n) is 6.59. The third-order valence-corrected chi connectivity index (χ3v) is 6.59. The van der Waals surface area contributed by atoms with Gasteiger partial charge in [-0.1, -0.05) is 44.9 Å². The average molecular weight is 446 g/mol. The molecule has 0 bridgehead atoms. The van der Waals surface area contributed by atoms with E-state index < -0.39 is 17.4 Å². The molecule has 0 fully saturated rings. The van der Waals surface area contributed by atoms with Crippen LogP contribution in [0.1, 0.15) is 66.6 Å². The van der Waals surface area contributed by atoms with Crippen molar-refractivity contribution in [1.82, 2.24) is 0 Å². The van der Waals surface area contributed by atoms with Gasteiger partial charge in [0.05, 0.1) is 11.1 Å². The Labute approximate surface area is 193 Å². The molecule has 1 spiro atoms. The zero-order valence-electron chi connectivity index (χ0n) is 19.1. The summed E-state index contributed by atoms with van der Waals surface area (Å²) >= 11 is 0. The van der Waals surface area contributed by atoms with Gasteiger partial charge in [-0.2, -0.15) is 0 Å². The summed E-state index contributed by atoms with van der Waals surface area (Å²) in [5.74, 6) is 0.320. The fourth-order valence-electron chi connectivity index (χ4n) is 4.90. The molecule has 4 nitrogen and oxygen atoms in total. The van der Waals surface area contributed by atoms with Gasteiger partial charge in [0, 0.05) is 36.0 Å². The zero-order valence-corrected chi connectivity index (χ0v) is 19.1. The van der Waals surface area contributed by atoms with Crippen LogP contribution in [0, 0.1) is 5.82 Å². The quantitative estimate of drug-likeness (QED) is 0.375. The van der Waals surface area contributed by atoms with E-state index in [9.17, 15) is 9.18 Å². The van der Waals surface area contributed by atoms with Crippen molar-refractivity contribution in [2.75, 3.05) is 18.0 Å². The highest BCUT2D eigenvalue weighted by atomic mass is 19.1. The molecule has 0 radical (unpaired) electrons. The van der Waals surface area contributed by atoms with Crippen molar-refractivity contribution < 1.29 is 18.7 Å². The highest BCUT2D eigenvalue weighted by Crippen LogP contribution is 2.56.